The number of amides is 2. The van der Waals surface area contributed by atoms with E-state index in [2.05, 4.69) is 5.32 Å². The van der Waals surface area contributed by atoms with Gasteiger partial charge in [0.25, 0.3) is 5.91 Å². The van der Waals surface area contributed by atoms with E-state index in [4.69, 9.17) is 22.1 Å². The molecule has 136 valence electrons. The van der Waals surface area contributed by atoms with E-state index >= 15 is 0 Å². The van der Waals surface area contributed by atoms with Crippen LogP contribution in [0.4, 0.5) is 0 Å². The van der Waals surface area contributed by atoms with Crippen molar-refractivity contribution in [1.82, 2.24) is 5.32 Å². The summed E-state index contributed by atoms with van der Waals surface area (Å²) in [6.07, 6.45) is 1.55. The van der Waals surface area contributed by atoms with Crippen molar-refractivity contribution in [2.45, 2.75) is 18.3 Å². The van der Waals surface area contributed by atoms with Crippen molar-refractivity contribution in [1.29, 1.82) is 0 Å². The molecule has 3 N–H and O–H groups in total. The zero-order valence-electron chi connectivity index (χ0n) is 14.3. The molecule has 0 unspecified atom stereocenters. The summed E-state index contributed by atoms with van der Waals surface area (Å²) >= 11 is 6.43. The highest BCUT2D eigenvalue weighted by Crippen LogP contribution is 2.38. The minimum atomic E-state index is -0.559. The van der Waals surface area contributed by atoms with Crippen LogP contribution in [0.2, 0.25) is 5.02 Å². The lowest BCUT2D eigenvalue weighted by atomic mass is 9.74. The quantitative estimate of drug-likeness (QED) is 0.846. The molecule has 0 radical (unpaired) electrons. The molecule has 0 bridgehead atoms. The Kier molecular flexibility index (Phi) is 5.59. The molecular weight excluding hydrogens is 352 g/mol. The van der Waals surface area contributed by atoms with Crippen molar-refractivity contribution in [2.24, 2.45) is 5.73 Å². The molecule has 0 aromatic heterocycles. The number of benzene rings is 2. The van der Waals surface area contributed by atoms with Gasteiger partial charge in [-0.2, -0.15) is 0 Å². The van der Waals surface area contributed by atoms with Crippen molar-refractivity contribution >= 4 is 23.4 Å². The number of hydrogen-bond acceptors (Lipinski definition) is 3. The Balaban J connectivity index is 1.80. The summed E-state index contributed by atoms with van der Waals surface area (Å²) in [5, 5.41) is 3.69. The molecule has 2 aromatic carbocycles. The molecule has 2 aromatic rings. The topological polar surface area (TPSA) is 81.4 Å². The lowest BCUT2D eigenvalue weighted by Crippen LogP contribution is -2.44. The lowest BCUT2D eigenvalue weighted by Gasteiger charge is -2.38. The van der Waals surface area contributed by atoms with Crippen molar-refractivity contribution in [3.8, 4) is 0 Å². The van der Waals surface area contributed by atoms with Crippen LogP contribution in [-0.2, 0) is 10.2 Å². The fraction of sp³-hybridized carbons (Fsp3) is 0.300. The standard InChI is InChI=1S/C20H21ClN2O3/c21-17-7-2-1-6-16(17)20(8-10-26-11-9-20)13-23-19(25)15-5-3-4-14(12-15)18(22)24/h1-7,12H,8-11,13H2,(H2,22,24)(H,23,25). The third-order valence-corrected chi connectivity index (χ3v) is 5.22. The largest absolute Gasteiger partial charge is 0.381 e. The smallest absolute Gasteiger partial charge is 0.251 e. The van der Waals surface area contributed by atoms with Gasteiger partial charge >= 0.3 is 0 Å². The van der Waals surface area contributed by atoms with Crippen molar-refractivity contribution in [3.05, 3.63) is 70.2 Å². The minimum Gasteiger partial charge on any atom is -0.381 e. The predicted octanol–water partition coefficient (Wildman–Crippen LogP) is 2.92. The SMILES string of the molecule is NC(=O)c1cccc(C(=O)NCC2(c3ccccc3Cl)CCOCC2)c1. The zero-order valence-corrected chi connectivity index (χ0v) is 15.1. The maximum atomic E-state index is 12.6. The molecule has 0 aliphatic carbocycles. The predicted molar refractivity (Wildman–Crippen MR) is 100 cm³/mol. The number of ether oxygens (including phenoxy) is 1. The molecule has 0 spiro atoms. The molecule has 1 aliphatic rings. The maximum absolute atomic E-state index is 12.6. The van der Waals surface area contributed by atoms with Gasteiger partial charge in [0.1, 0.15) is 0 Å². The average molecular weight is 373 g/mol. The number of nitrogens with two attached hydrogens (primary N) is 1. The summed E-state index contributed by atoms with van der Waals surface area (Å²) in [5.41, 5.74) is 6.76. The highest BCUT2D eigenvalue weighted by atomic mass is 35.5. The van der Waals surface area contributed by atoms with Gasteiger partial charge < -0.3 is 15.8 Å². The molecule has 1 fully saturated rings. The van der Waals surface area contributed by atoms with E-state index in [1.165, 1.54) is 6.07 Å². The molecule has 3 rings (SSSR count). The Morgan fingerprint density at radius 2 is 1.77 bits per heavy atom. The first-order valence-corrected chi connectivity index (χ1v) is 8.90. The van der Waals surface area contributed by atoms with Crippen molar-refractivity contribution < 1.29 is 14.3 Å². The van der Waals surface area contributed by atoms with Gasteiger partial charge in [-0.1, -0.05) is 35.9 Å². The van der Waals surface area contributed by atoms with Crippen molar-refractivity contribution in [2.75, 3.05) is 19.8 Å². The highest BCUT2D eigenvalue weighted by Gasteiger charge is 2.36. The first-order valence-electron chi connectivity index (χ1n) is 8.53. The number of hydrogen-bond donors (Lipinski definition) is 2. The van der Waals surface area contributed by atoms with Crippen LogP contribution in [0, 0.1) is 0 Å². The van der Waals surface area contributed by atoms with Crippen LogP contribution in [0.3, 0.4) is 0 Å². The summed E-state index contributed by atoms with van der Waals surface area (Å²) in [6, 6.07) is 14.1. The minimum absolute atomic E-state index is 0.244. The number of halogens is 1. The summed E-state index contributed by atoms with van der Waals surface area (Å²) in [5.74, 6) is -0.803. The van der Waals surface area contributed by atoms with E-state index in [1.54, 1.807) is 18.2 Å². The van der Waals surface area contributed by atoms with E-state index in [1.807, 2.05) is 24.3 Å². The first kappa shape index (κ1) is 18.4. The molecule has 5 nitrogen and oxygen atoms in total. The molecule has 26 heavy (non-hydrogen) atoms. The molecule has 1 saturated heterocycles. The number of carbonyl (C=O) groups is 2. The molecule has 2 amide bonds. The van der Waals surface area contributed by atoms with Gasteiger partial charge in [-0.05, 0) is 42.7 Å². The van der Waals surface area contributed by atoms with Gasteiger partial charge in [-0.15, -0.1) is 0 Å². The van der Waals surface area contributed by atoms with E-state index in [0.717, 1.165) is 18.4 Å². The summed E-state index contributed by atoms with van der Waals surface area (Å²) < 4.78 is 5.51. The van der Waals surface area contributed by atoms with Crippen molar-refractivity contribution in [3.63, 3.8) is 0 Å². The molecule has 0 atom stereocenters. The number of primary amides is 1. The summed E-state index contributed by atoms with van der Waals surface area (Å²) in [6.45, 7) is 1.69. The number of carbonyl (C=O) groups excluding carboxylic acids is 2. The van der Waals surface area contributed by atoms with Crippen LogP contribution in [0.15, 0.2) is 48.5 Å². The normalized spacial score (nSPS) is 16.0. The second-order valence-electron chi connectivity index (χ2n) is 6.50. The fourth-order valence-corrected chi connectivity index (χ4v) is 3.70. The van der Waals surface area contributed by atoms with Crippen LogP contribution in [0.1, 0.15) is 39.1 Å². The number of nitrogens with one attached hydrogen (secondary N) is 1. The summed E-state index contributed by atoms with van der Waals surface area (Å²) in [4.78, 5) is 23.9. The third kappa shape index (κ3) is 3.89. The first-order chi connectivity index (χ1) is 12.5. The van der Waals surface area contributed by atoms with Gasteiger partial charge in [0.15, 0.2) is 0 Å². The van der Waals surface area contributed by atoms with Crippen LogP contribution in [0.25, 0.3) is 0 Å². The molecule has 1 heterocycles. The van der Waals surface area contributed by atoms with Crippen LogP contribution in [0.5, 0.6) is 0 Å². The van der Waals surface area contributed by atoms with E-state index in [0.29, 0.717) is 35.9 Å². The molecule has 0 saturated carbocycles. The van der Waals surface area contributed by atoms with Gasteiger partial charge in [0.05, 0.1) is 0 Å². The van der Waals surface area contributed by atoms with E-state index in [-0.39, 0.29) is 11.3 Å². The fourth-order valence-electron chi connectivity index (χ4n) is 3.36. The Morgan fingerprint density at radius 3 is 2.46 bits per heavy atom. The van der Waals surface area contributed by atoms with E-state index < -0.39 is 5.91 Å². The Labute approximate surface area is 157 Å². The number of rotatable bonds is 5. The Hall–Kier alpha value is -2.37. The zero-order chi connectivity index (χ0) is 18.6. The summed E-state index contributed by atoms with van der Waals surface area (Å²) in [7, 11) is 0. The monoisotopic (exact) mass is 372 g/mol. The van der Waals surface area contributed by atoms with E-state index in [9.17, 15) is 9.59 Å². The maximum Gasteiger partial charge on any atom is 0.251 e. The second-order valence-corrected chi connectivity index (χ2v) is 6.91. The Morgan fingerprint density at radius 1 is 1.08 bits per heavy atom. The van der Waals surface area contributed by atoms with Gasteiger partial charge in [0, 0.05) is 41.3 Å². The second kappa shape index (κ2) is 7.89. The van der Waals surface area contributed by atoms with Gasteiger partial charge in [-0.3, -0.25) is 9.59 Å². The van der Waals surface area contributed by atoms with Crippen LogP contribution in [-0.4, -0.2) is 31.6 Å². The average Bonchev–Trinajstić information content (AvgIpc) is 2.67. The van der Waals surface area contributed by atoms with Crippen LogP contribution < -0.4 is 11.1 Å². The van der Waals surface area contributed by atoms with Crippen LogP contribution >= 0.6 is 11.6 Å². The van der Waals surface area contributed by atoms with Gasteiger partial charge in [-0.25, -0.2) is 0 Å². The third-order valence-electron chi connectivity index (χ3n) is 4.89. The van der Waals surface area contributed by atoms with Gasteiger partial charge in [0.2, 0.25) is 5.91 Å². The molecule has 6 heteroatoms. The highest BCUT2D eigenvalue weighted by molar-refractivity contribution is 6.31. The Bertz CT molecular complexity index is 816. The molecular formula is C20H21ClN2O3. The molecule has 1 aliphatic heterocycles. The lowest BCUT2D eigenvalue weighted by molar-refractivity contribution is 0.0487.